The SMILES string of the molecule is OCCCCNCCc1ccc(F)c(F)c1. The summed E-state index contributed by atoms with van der Waals surface area (Å²) in [5.74, 6) is -1.60. The summed E-state index contributed by atoms with van der Waals surface area (Å²) in [5.41, 5.74) is 0.786. The first-order chi connectivity index (χ1) is 7.74. The highest BCUT2D eigenvalue weighted by atomic mass is 19.2. The average molecular weight is 229 g/mol. The van der Waals surface area contributed by atoms with Gasteiger partial charge >= 0.3 is 0 Å². The van der Waals surface area contributed by atoms with Gasteiger partial charge in [0.05, 0.1) is 0 Å². The van der Waals surface area contributed by atoms with Crippen molar-refractivity contribution >= 4 is 0 Å². The molecule has 0 radical (unpaired) electrons. The van der Waals surface area contributed by atoms with E-state index in [1.165, 1.54) is 6.07 Å². The van der Waals surface area contributed by atoms with Crippen molar-refractivity contribution in [3.8, 4) is 0 Å². The molecule has 0 fully saturated rings. The first-order valence-electron chi connectivity index (χ1n) is 5.49. The summed E-state index contributed by atoms with van der Waals surface area (Å²) in [7, 11) is 0. The van der Waals surface area contributed by atoms with Crippen molar-refractivity contribution in [2.45, 2.75) is 19.3 Å². The number of aliphatic hydroxyl groups excluding tert-OH is 1. The van der Waals surface area contributed by atoms with Crippen LogP contribution in [0, 0.1) is 11.6 Å². The van der Waals surface area contributed by atoms with Crippen LogP contribution in [0.2, 0.25) is 0 Å². The summed E-state index contributed by atoms with van der Waals surface area (Å²) < 4.78 is 25.4. The minimum Gasteiger partial charge on any atom is -0.396 e. The van der Waals surface area contributed by atoms with E-state index in [2.05, 4.69) is 5.32 Å². The molecule has 0 bridgehead atoms. The van der Waals surface area contributed by atoms with Gasteiger partial charge < -0.3 is 10.4 Å². The van der Waals surface area contributed by atoms with Gasteiger partial charge in [0.15, 0.2) is 11.6 Å². The minimum absolute atomic E-state index is 0.213. The number of halogens is 2. The predicted molar refractivity (Wildman–Crippen MR) is 59.3 cm³/mol. The van der Waals surface area contributed by atoms with Crippen molar-refractivity contribution in [1.29, 1.82) is 0 Å². The predicted octanol–water partition coefficient (Wildman–Crippen LogP) is 1.87. The minimum atomic E-state index is -0.806. The average Bonchev–Trinajstić information content (AvgIpc) is 2.28. The van der Waals surface area contributed by atoms with Crippen molar-refractivity contribution in [2.75, 3.05) is 19.7 Å². The first-order valence-corrected chi connectivity index (χ1v) is 5.49. The van der Waals surface area contributed by atoms with Crippen LogP contribution < -0.4 is 5.32 Å². The maximum atomic E-state index is 12.8. The third-order valence-electron chi connectivity index (χ3n) is 2.34. The van der Waals surface area contributed by atoms with Crippen LogP contribution >= 0.6 is 0 Å². The Labute approximate surface area is 94.3 Å². The lowest BCUT2D eigenvalue weighted by atomic mass is 10.1. The van der Waals surface area contributed by atoms with Gasteiger partial charge in [0.25, 0.3) is 0 Å². The zero-order valence-electron chi connectivity index (χ0n) is 9.18. The van der Waals surface area contributed by atoms with E-state index in [4.69, 9.17) is 5.11 Å². The van der Waals surface area contributed by atoms with Gasteiger partial charge in [0.2, 0.25) is 0 Å². The van der Waals surface area contributed by atoms with Gasteiger partial charge in [-0.25, -0.2) is 8.78 Å². The van der Waals surface area contributed by atoms with Gasteiger partial charge in [0.1, 0.15) is 0 Å². The van der Waals surface area contributed by atoms with E-state index in [9.17, 15) is 8.78 Å². The Balaban J connectivity index is 2.19. The second-order valence-electron chi connectivity index (χ2n) is 3.68. The van der Waals surface area contributed by atoms with E-state index in [0.29, 0.717) is 6.42 Å². The van der Waals surface area contributed by atoms with Crippen molar-refractivity contribution < 1.29 is 13.9 Å². The number of hydrogen-bond acceptors (Lipinski definition) is 2. The molecule has 0 heterocycles. The molecule has 0 aliphatic heterocycles. The Morgan fingerprint density at radius 1 is 1.06 bits per heavy atom. The third kappa shape index (κ3) is 4.68. The molecule has 4 heteroatoms. The van der Waals surface area contributed by atoms with Crippen LogP contribution in [-0.4, -0.2) is 24.8 Å². The molecular weight excluding hydrogens is 212 g/mol. The molecule has 0 amide bonds. The summed E-state index contributed by atoms with van der Waals surface area (Å²) in [5, 5.41) is 11.7. The molecule has 1 aromatic carbocycles. The van der Waals surface area contributed by atoms with Gasteiger partial charge in [-0.05, 0) is 50.0 Å². The van der Waals surface area contributed by atoms with Crippen molar-refractivity contribution in [3.05, 3.63) is 35.4 Å². The molecule has 0 aliphatic rings. The summed E-state index contributed by atoms with van der Waals surface area (Å²) in [6, 6.07) is 3.97. The Bertz CT molecular complexity index is 318. The van der Waals surface area contributed by atoms with E-state index in [1.807, 2.05) is 0 Å². The number of aliphatic hydroxyl groups is 1. The highest BCUT2D eigenvalue weighted by Gasteiger charge is 2.01. The van der Waals surface area contributed by atoms with Gasteiger partial charge in [-0.1, -0.05) is 6.07 Å². The van der Waals surface area contributed by atoms with Gasteiger partial charge in [0, 0.05) is 6.61 Å². The van der Waals surface area contributed by atoms with Crippen LogP contribution in [-0.2, 0) is 6.42 Å². The molecule has 0 atom stereocenters. The van der Waals surface area contributed by atoms with Crippen molar-refractivity contribution in [1.82, 2.24) is 5.32 Å². The topological polar surface area (TPSA) is 32.3 Å². The molecule has 0 unspecified atom stereocenters. The van der Waals surface area contributed by atoms with Gasteiger partial charge in [-0.15, -0.1) is 0 Å². The van der Waals surface area contributed by atoms with Crippen LogP contribution in [0.25, 0.3) is 0 Å². The van der Waals surface area contributed by atoms with Crippen molar-refractivity contribution in [3.63, 3.8) is 0 Å². The Kier molecular flexibility index (Phi) is 5.96. The fourth-order valence-corrected chi connectivity index (χ4v) is 1.41. The maximum Gasteiger partial charge on any atom is 0.159 e. The van der Waals surface area contributed by atoms with Crippen molar-refractivity contribution in [2.24, 2.45) is 0 Å². The summed E-state index contributed by atoms with van der Waals surface area (Å²) >= 11 is 0. The second kappa shape index (κ2) is 7.30. The lowest BCUT2D eigenvalue weighted by molar-refractivity contribution is 0.284. The smallest absolute Gasteiger partial charge is 0.159 e. The molecule has 90 valence electrons. The lowest BCUT2D eigenvalue weighted by Gasteiger charge is -2.04. The third-order valence-corrected chi connectivity index (χ3v) is 2.34. The van der Waals surface area contributed by atoms with Gasteiger partial charge in [-0.2, -0.15) is 0 Å². The van der Waals surface area contributed by atoms with Crippen LogP contribution in [0.1, 0.15) is 18.4 Å². The fraction of sp³-hybridized carbons (Fsp3) is 0.500. The summed E-state index contributed by atoms with van der Waals surface area (Å²) in [4.78, 5) is 0. The lowest BCUT2D eigenvalue weighted by Crippen LogP contribution is -2.18. The molecule has 2 N–H and O–H groups in total. The van der Waals surface area contributed by atoms with E-state index in [-0.39, 0.29) is 6.61 Å². The highest BCUT2D eigenvalue weighted by molar-refractivity contribution is 5.17. The molecule has 0 spiro atoms. The number of rotatable bonds is 7. The quantitative estimate of drug-likeness (QED) is 0.700. The molecule has 2 nitrogen and oxygen atoms in total. The number of unbranched alkanes of at least 4 members (excludes halogenated alkanes) is 1. The molecule has 0 aromatic heterocycles. The monoisotopic (exact) mass is 229 g/mol. The molecular formula is C12H17F2NO. The Morgan fingerprint density at radius 3 is 2.56 bits per heavy atom. The zero-order valence-corrected chi connectivity index (χ0v) is 9.18. The van der Waals surface area contributed by atoms with E-state index in [0.717, 1.165) is 37.6 Å². The number of benzene rings is 1. The molecule has 0 saturated heterocycles. The van der Waals surface area contributed by atoms with E-state index < -0.39 is 11.6 Å². The normalized spacial score (nSPS) is 10.7. The number of hydrogen-bond donors (Lipinski definition) is 2. The van der Waals surface area contributed by atoms with Gasteiger partial charge in [-0.3, -0.25) is 0 Å². The Morgan fingerprint density at radius 2 is 1.88 bits per heavy atom. The molecule has 0 saturated carbocycles. The fourth-order valence-electron chi connectivity index (χ4n) is 1.41. The largest absolute Gasteiger partial charge is 0.396 e. The molecule has 16 heavy (non-hydrogen) atoms. The first kappa shape index (κ1) is 13.1. The summed E-state index contributed by atoms with van der Waals surface area (Å²) in [6.07, 6.45) is 2.39. The zero-order chi connectivity index (χ0) is 11.8. The maximum absolute atomic E-state index is 12.8. The molecule has 0 aliphatic carbocycles. The molecule has 1 rings (SSSR count). The van der Waals surface area contributed by atoms with Crippen LogP contribution in [0.3, 0.4) is 0 Å². The second-order valence-corrected chi connectivity index (χ2v) is 3.68. The standard InChI is InChI=1S/C12H17F2NO/c13-11-4-3-10(9-12(11)14)5-7-15-6-1-2-8-16/h3-4,9,15-16H,1-2,5-8H2. The Hall–Kier alpha value is -1.00. The summed E-state index contributed by atoms with van der Waals surface area (Å²) in [6.45, 7) is 1.78. The van der Waals surface area contributed by atoms with Crippen LogP contribution in [0.15, 0.2) is 18.2 Å². The van der Waals surface area contributed by atoms with Crippen LogP contribution in [0.4, 0.5) is 8.78 Å². The van der Waals surface area contributed by atoms with Crippen LogP contribution in [0.5, 0.6) is 0 Å². The number of nitrogens with one attached hydrogen (secondary N) is 1. The highest BCUT2D eigenvalue weighted by Crippen LogP contribution is 2.08. The van der Waals surface area contributed by atoms with E-state index in [1.54, 1.807) is 6.07 Å². The van der Waals surface area contributed by atoms with E-state index >= 15 is 0 Å². The molecule has 1 aromatic rings.